The number of benzene rings is 1. The largest absolute Gasteiger partial charge is 0.479 e. The number of fused-ring (bicyclic) bond motifs is 1. The number of aromatic nitrogens is 1. The van der Waals surface area contributed by atoms with Gasteiger partial charge in [-0.3, -0.25) is 0 Å². The molecule has 0 fully saturated rings. The Bertz CT molecular complexity index is 522. The zero-order chi connectivity index (χ0) is 11.4. The molecule has 1 heterocycles. The summed E-state index contributed by atoms with van der Waals surface area (Å²) in [5, 5.41) is 9.65. The van der Waals surface area contributed by atoms with Crippen LogP contribution in [0.4, 0.5) is 0 Å². The Morgan fingerprint density at radius 2 is 2.31 bits per heavy atom. The topological polar surface area (TPSA) is 48.8 Å². The molecule has 0 aliphatic rings. The van der Waals surface area contributed by atoms with E-state index in [0.717, 1.165) is 24.1 Å². The van der Waals surface area contributed by atoms with Gasteiger partial charge in [-0.05, 0) is 30.2 Å². The van der Waals surface area contributed by atoms with E-state index >= 15 is 0 Å². The Morgan fingerprint density at radius 3 is 3.06 bits per heavy atom. The van der Waals surface area contributed by atoms with Gasteiger partial charge in [0.1, 0.15) is 11.8 Å². The lowest BCUT2D eigenvalue weighted by Crippen LogP contribution is -1.92. The molecule has 0 unspecified atom stereocenters. The number of H-pyrrole nitrogens is 1. The highest BCUT2D eigenvalue weighted by atomic mass is 16.5. The maximum Gasteiger partial charge on any atom is 0.174 e. The normalized spacial score (nSPS) is 10.2. The quantitative estimate of drug-likeness (QED) is 0.850. The maximum absolute atomic E-state index is 8.46. The molecule has 1 N–H and O–H groups in total. The predicted molar refractivity (Wildman–Crippen MR) is 63.4 cm³/mol. The summed E-state index contributed by atoms with van der Waals surface area (Å²) in [5.41, 5.74) is 2.42. The van der Waals surface area contributed by atoms with Crippen molar-refractivity contribution in [1.82, 2.24) is 4.98 Å². The number of nitrogens with zero attached hydrogens (tertiary/aromatic N) is 1. The van der Waals surface area contributed by atoms with Crippen molar-refractivity contribution in [3.63, 3.8) is 0 Å². The van der Waals surface area contributed by atoms with Gasteiger partial charge in [0.05, 0.1) is 0 Å². The van der Waals surface area contributed by atoms with E-state index in [1.165, 1.54) is 10.9 Å². The first-order valence-corrected chi connectivity index (χ1v) is 5.45. The molecule has 82 valence electrons. The van der Waals surface area contributed by atoms with E-state index in [1.54, 1.807) is 0 Å². The molecule has 0 bridgehead atoms. The molecule has 0 amide bonds. The van der Waals surface area contributed by atoms with Crippen molar-refractivity contribution >= 4 is 10.9 Å². The number of aromatic amines is 1. The number of ether oxygens (including phenoxy) is 1. The van der Waals surface area contributed by atoms with Gasteiger partial charge in [0, 0.05) is 17.1 Å². The molecule has 2 rings (SSSR count). The number of nitriles is 1. The summed E-state index contributed by atoms with van der Waals surface area (Å²) in [4.78, 5) is 3.24. The van der Waals surface area contributed by atoms with Crippen LogP contribution in [0.25, 0.3) is 10.9 Å². The summed E-state index contributed by atoms with van der Waals surface area (Å²) in [5.74, 6) is 0.756. The summed E-state index contributed by atoms with van der Waals surface area (Å²) >= 11 is 0. The third-order valence-electron chi connectivity index (χ3n) is 2.56. The monoisotopic (exact) mass is 214 g/mol. The van der Waals surface area contributed by atoms with Crippen LogP contribution >= 0.6 is 0 Å². The average molecular weight is 214 g/mol. The summed E-state index contributed by atoms with van der Waals surface area (Å²) in [6.45, 7) is 2.26. The third-order valence-corrected chi connectivity index (χ3v) is 2.56. The van der Waals surface area contributed by atoms with Crippen molar-refractivity contribution in [2.45, 2.75) is 19.8 Å². The first-order chi connectivity index (χ1) is 7.85. The second-order valence-electron chi connectivity index (χ2n) is 3.72. The Labute approximate surface area is 94.7 Å². The van der Waals surface area contributed by atoms with E-state index in [2.05, 4.69) is 11.9 Å². The minimum Gasteiger partial charge on any atom is -0.479 e. The summed E-state index contributed by atoms with van der Waals surface area (Å²) in [6, 6.07) is 7.83. The van der Waals surface area contributed by atoms with Gasteiger partial charge in [-0.1, -0.05) is 13.3 Å². The smallest absolute Gasteiger partial charge is 0.174 e. The molecule has 0 aliphatic heterocycles. The molecule has 0 radical (unpaired) electrons. The van der Waals surface area contributed by atoms with Crippen LogP contribution < -0.4 is 4.74 Å². The summed E-state index contributed by atoms with van der Waals surface area (Å²) in [7, 11) is 0. The van der Waals surface area contributed by atoms with E-state index in [-0.39, 0.29) is 6.61 Å². The van der Waals surface area contributed by atoms with Gasteiger partial charge < -0.3 is 9.72 Å². The number of rotatable bonds is 4. The van der Waals surface area contributed by atoms with Gasteiger partial charge in [-0.25, -0.2) is 0 Å². The SMILES string of the molecule is CCCc1c[nH]c2ccc(OCC#N)cc12. The second kappa shape index (κ2) is 4.71. The lowest BCUT2D eigenvalue weighted by atomic mass is 10.1. The highest BCUT2D eigenvalue weighted by Crippen LogP contribution is 2.24. The average Bonchev–Trinajstić information content (AvgIpc) is 2.70. The fourth-order valence-corrected chi connectivity index (χ4v) is 1.84. The van der Waals surface area contributed by atoms with Crippen LogP contribution in [0.1, 0.15) is 18.9 Å². The van der Waals surface area contributed by atoms with Gasteiger partial charge in [0.2, 0.25) is 0 Å². The van der Waals surface area contributed by atoms with Crippen molar-refractivity contribution < 1.29 is 4.74 Å². The molecule has 1 aromatic carbocycles. The van der Waals surface area contributed by atoms with Crippen LogP contribution in [0.5, 0.6) is 5.75 Å². The molecule has 0 saturated carbocycles. The fourth-order valence-electron chi connectivity index (χ4n) is 1.84. The van der Waals surface area contributed by atoms with E-state index in [0.29, 0.717) is 0 Å². The van der Waals surface area contributed by atoms with E-state index < -0.39 is 0 Å². The zero-order valence-corrected chi connectivity index (χ0v) is 9.29. The van der Waals surface area contributed by atoms with Crippen molar-refractivity contribution in [3.05, 3.63) is 30.0 Å². The van der Waals surface area contributed by atoms with Crippen LogP contribution in [-0.2, 0) is 6.42 Å². The van der Waals surface area contributed by atoms with Crippen LogP contribution in [0.2, 0.25) is 0 Å². The number of nitrogens with one attached hydrogen (secondary N) is 1. The van der Waals surface area contributed by atoms with Gasteiger partial charge >= 0.3 is 0 Å². The Morgan fingerprint density at radius 1 is 1.44 bits per heavy atom. The first-order valence-electron chi connectivity index (χ1n) is 5.45. The minimum absolute atomic E-state index is 0.0963. The molecule has 3 heteroatoms. The molecule has 3 nitrogen and oxygen atoms in total. The number of aryl methyl sites for hydroxylation is 1. The van der Waals surface area contributed by atoms with Gasteiger partial charge in [-0.15, -0.1) is 0 Å². The summed E-state index contributed by atoms with van der Waals surface area (Å²) < 4.78 is 5.29. The lowest BCUT2D eigenvalue weighted by Gasteiger charge is -2.02. The maximum atomic E-state index is 8.46. The predicted octanol–water partition coefficient (Wildman–Crippen LogP) is 3.02. The van der Waals surface area contributed by atoms with Crippen LogP contribution in [0.15, 0.2) is 24.4 Å². The van der Waals surface area contributed by atoms with Crippen molar-refractivity contribution in [2.75, 3.05) is 6.61 Å². The summed E-state index contributed by atoms with van der Waals surface area (Å²) in [6.07, 6.45) is 4.22. The van der Waals surface area contributed by atoms with E-state index in [1.807, 2.05) is 30.5 Å². The molecular weight excluding hydrogens is 200 g/mol. The van der Waals surface area contributed by atoms with Crippen LogP contribution in [0.3, 0.4) is 0 Å². The Kier molecular flexibility index (Phi) is 3.11. The number of hydrogen-bond donors (Lipinski definition) is 1. The highest BCUT2D eigenvalue weighted by Gasteiger charge is 2.04. The van der Waals surface area contributed by atoms with Gasteiger partial charge in [0.15, 0.2) is 6.61 Å². The third kappa shape index (κ3) is 2.01. The molecule has 0 spiro atoms. The van der Waals surface area contributed by atoms with E-state index in [4.69, 9.17) is 10.00 Å². The molecule has 0 saturated heterocycles. The van der Waals surface area contributed by atoms with Crippen molar-refractivity contribution in [2.24, 2.45) is 0 Å². The Hall–Kier alpha value is -1.95. The highest BCUT2D eigenvalue weighted by molar-refractivity contribution is 5.84. The Balaban J connectivity index is 2.34. The van der Waals surface area contributed by atoms with Crippen LogP contribution in [0, 0.1) is 11.3 Å². The van der Waals surface area contributed by atoms with Gasteiger partial charge in [-0.2, -0.15) is 5.26 Å². The molecule has 0 atom stereocenters. The van der Waals surface area contributed by atoms with E-state index in [9.17, 15) is 0 Å². The molecule has 0 aliphatic carbocycles. The number of hydrogen-bond acceptors (Lipinski definition) is 2. The second-order valence-corrected chi connectivity index (χ2v) is 3.72. The van der Waals surface area contributed by atoms with Crippen LogP contribution in [-0.4, -0.2) is 11.6 Å². The fraction of sp³-hybridized carbons (Fsp3) is 0.308. The first kappa shape index (κ1) is 10.6. The van der Waals surface area contributed by atoms with Gasteiger partial charge in [0.25, 0.3) is 0 Å². The molecule has 16 heavy (non-hydrogen) atoms. The lowest BCUT2D eigenvalue weighted by molar-refractivity contribution is 0.368. The van der Waals surface area contributed by atoms with Crippen molar-refractivity contribution in [1.29, 1.82) is 5.26 Å². The molecular formula is C13H14N2O. The minimum atomic E-state index is 0.0963. The standard InChI is InChI=1S/C13H14N2O/c1-2-3-10-9-15-13-5-4-11(8-12(10)13)16-7-6-14/h4-5,8-9,15H,2-3,7H2,1H3. The van der Waals surface area contributed by atoms with Crippen molar-refractivity contribution in [3.8, 4) is 11.8 Å². The zero-order valence-electron chi connectivity index (χ0n) is 9.29. The molecule has 2 aromatic rings. The molecule has 1 aromatic heterocycles.